The number of alkyl halides is 1. The van der Waals surface area contributed by atoms with Gasteiger partial charge in [-0.2, -0.15) is 0 Å². The average Bonchev–Trinajstić information content (AvgIpc) is 1.27. The fourth-order valence-corrected chi connectivity index (χ4v) is 2.25. The van der Waals surface area contributed by atoms with Crippen molar-refractivity contribution >= 4 is 50.9 Å². The van der Waals surface area contributed by atoms with Crippen molar-refractivity contribution in [1.82, 2.24) is 0 Å². The minimum Gasteiger partial charge on any atom is -0.385 e. The molecule has 0 aromatic carbocycles. The van der Waals surface area contributed by atoms with Crippen molar-refractivity contribution in [1.29, 1.82) is 0 Å². The lowest BCUT2D eigenvalue weighted by Gasteiger charge is -1.96. The lowest BCUT2D eigenvalue weighted by molar-refractivity contribution is 1.49. The number of thioether (sulfide) groups is 1. The molecule has 0 spiro atoms. The van der Waals surface area contributed by atoms with Crippen molar-refractivity contribution in [3.05, 3.63) is 0 Å². The molecular formula is C3H6INS2. The van der Waals surface area contributed by atoms with Crippen LogP contribution in [0.1, 0.15) is 6.92 Å². The first-order chi connectivity index (χ1) is 3.13. The highest BCUT2D eigenvalue weighted by Crippen LogP contribution is 2.15. The summed E-state index contributed by atoms with van der Waals surface area (Å²) in [5.74, 6) is 0. The van der Waals surface area contributed by atoms with E-state index in [4.69, 9.17) is 5.73 Å². The summed E-state index contributed by atoms with van der Waals surface area (Å²) in [6.45, 7) is 2.05. The van der Waals surface area contributed by atoms with E-state index in [0.717, 1.165) is 0 Å². The number of hydrogen-bond acceptors (Lipinski definition) is 2. The van der Waals surface area contributed by atoms with Gasteiger partial charge in [-0.1, -0.05) is 46.6 Å². The van der Waals surface area contributed by atoms with Gasteiger partial charge in [-0.3, -0.25) is 0 Å². The van der Waals surface area contributed by atoms with Crippen molar-refractivity contribution < 1.29 is 0 Å². The van der Waals surface area contributed by atoms with E-state index < -0.39 is 0 Å². The number of halogens is 1. The summed E-state index contributed by atoms with van der Waals surface area (Å²) in [5, 5.41) is 0. The molecule has 0 saturated carbocycles. The van der Waals surface area contributed by atoms with Gasteiger partial charge in [0.1, 0.15) is 4.32 Å². The highest BCUT2D eigenvalue weighted by molar-refractivity contribution is 14.1. The predicted molar refractivity (Wildman–Crippen MR) is 47.9 cm³/mol. The highest BCUT2D eigenvalue weighted by atomic mass is 127. The lowest BCUT2D eigenvalue weighted by atomic mass is 11.0. The number of thiocarbonyl (C=S) groups is 1. The summed E-state index contributed by atoms with van der Waals surface area (Å²) < 4.78 is 1.03. The molecule has 0 fully saturated rings. The SMILES string of the molecule is CC(I)SC(N)=S. The first-order valence-electron chi connectivity index (χ1n) is 1.73. The molecule has 0 heterocycles. The molecule has 42 valence electrons. The molecule has 0 aliphatic carbocycles. The summed E-state index contributed by atoms with van der Waals surface area (Å²) >= 11 is 8.37. The average molecular weight is 247 g/mol. The molecule has 7 heavy (non-hydrogen) atoms. The number of hydrogen-bond donors (Lipinski definition) is 1. The topological polar surface area (TPSA) is 26.0 Å². The Labute approximate surface area is 66.6 Å². The van der Waals surface area contributed by atoms with Crippen molar-refractivity contribution in [2.75, 3.05) is 0 Å². The quantitative estimate of drug-likeness (QED) is 0.434. The van der Waals surface area contributed by atoms with E-state index in [1.807, 2.05) is 6.92 Å². The van der Waals surface area contributed by atoms with Gasteiger partial charge in [0.05, 0.1) is 3.26 Å². The third kappa shape index (κ3) is 6.97. The van der Waals surface area contributed by atoms with Crippen LogP contribution in [0.2, 0.25) is 0 Å². The molecule has 2 N–H and O–H groups in total. The zero-order chi connectivity index (χ0) is 5.86. The Balaban J connectivity index is 3.13. The van der Waals surface area contributed by atoms with Crippen LogP contribution in [0.25, 0.3) is 0 Å². The molecule has 0 radical (unpaired) electrons. The molecule has 0 aromatic rings. The molecule has 0 bridgehead atoms. The smallest absolute Gasteiger partial charge is 0.132 e. The van der Waals surface area contributed by atoms with E-state index in [0.29, 0.717) is 7.58 Å². The van der Waals surface area contributed by atoms with E-state index >= 15 is 0 Å². The van der Waals surface area contributed by atoms with E-state index in [9.17, 15) is 0 Å². The normalized spacial score (nSPS) is 13.4. The first-order valence-corrected chi connectivity index (χ1v) is 4.26. The van der Waals surface area contributed by atoms with Crippen LogP contribution in [0.4, 0.5) is 0 Å². The van der Waals surface area contributed by atoms with Crippen molar-refractivity contribution in [2.45, 2.75) is 10.2 Å². The minimum absolute atomic E-state index is 0.495. The molecule has 0 aliphatic rings. The van der Waals surface area contributed by atoms with Crippen LogP contribution in [-0.2, 0) is 0 Å². The molecule has 0 amide bonds. The molecule has 0 rings (SSSR count). The van der Waals surface area contributed by atoms with Crippen LogP contribution in [0, 0.1) is 0 Å². The summed E-state index contributed by atoms with van der Waals surface area (Å²) in [6, 6.07) is 0. The van der Waals surface area contributed by atoms with E-state index in [2.05, 4.69) is 34.8 Å². The standard InChI is InChI=1S/C3H6INS2/c1-2(4)7-3(5)6/h2H,1H3,(H2,5,6). The highest BCUT2D eigenvalue weighted by Gasteiger charge is 1.94. The van der Waals surface area contributed by atoms with Gasteiger partial charge < -0.3 is 5.73 Å². The molecular weight excluding hydrogens is 241 g/mol. The summed E-state index contributed by atoms with van der Waals surface area (Å²) in [6.07, 6.45) is 0. The maximum atomic E-state index is 5.18. The van der Waals surface area contributed by atoms with E-state index in [1.54, 1.807) is 0 Å². The largest absolute Gasteiger partial charge is 0.385 e. The van der Waals surface area contributed by atoms with Gasteiger partial charge in [-0.25, -0.2) is 0 Å². The summed E-state index contributed by atoms with van der Waals surface area (Å²) in [4.78, 5) is 0. The Hall–Kier alpha value is 0.970. The third-order valence-corrected chi connectivity index (χ3v) is 1.89. The molecule has 0 saturated heterocycles. The Morgan fingerprint density at radius 1 is 2.00 bits per heavy atom. The fraction of sp³-hybridized carbons (Fsp3) is 0.667. The minimum atomic E-state index is 0.495. The van der Waals surface area contributed by atoms with Crippen LogP contribution >= 0.6 is 46.6 Å². The van der Waals surface area contributed by atoms with Gasteiger partial charge in [0.2, 0.25) is 0 Å². The van der Waals surface area contributed by atoms with Gasteiger partial charge in [0, 0.05) is 0 Å². The van der Waals surface area contributed by atoms with Gasteiger partial charge in [0.25, 0.3) is 0 Å². The molecule has 4 heteroatoms. The molecule has 1 unspecified atom stereocenters. The molecule has 0 aliphatic heterocycles. The van der Waals surface area contributed by atoms with Crippen LogP contribution in [0.5, 0.6) is 0 Å². The Bertz CT molecular complexity index is 73.3. The van der Waals surface area contributed by atoms with Gasteiger partial charge >= 0.3 is 0 Å². The molecule has 0 aromatic heterocycles. The van der Waals surface area contributed by atoms with Gasteiger partial charge in [-0.05, 0) is 6.92 Å². The van der Waals surface area contributed by atoms with Crippen LogP contribution in [0.15, 0.2) is 0 Å². The summed E-state index contributed by atoms with van der Waals surface area (Å²) in [7, 11) is 0. The van der Waals surface area contributed by atoms with Crippen LogP contribution in [-0.4, -0.2) is 7.58 Å². The Kier molecular flexibility index (Phi) is 4.45. The zero-order valence-electron chi connectivity index (χ0n) is 3.85. The van der Waals surface area contributed by atoms with E-state index in [-0.39, 0.29) is 0 Å². The van der Waals surface area contributed by atoms with Crippen molar-refractivity contribution in [3.8, 4) is 0 Å². The Morgan fingerprint density at radius 3 is 2.43 bits per heavy atom. The zero-order valence-corrected chi connectivity index (χ0v) is 7.64. The maximum Gasteiger partial charge on any atom is 0.132 e. The van der Waals surface area contributed by atoms with E-state index in [1.165, 1.54) is 11.8 Å². The predicted octanol–water partition coefficient (Wildman–Crippen LogP) is 1.74. The lowest BCUT2D eigenvalue weighted by Crippen LogP contribution is -2.03. The third-order valence-electron chi connectivity index (χ3n) is 0.279. The maximum absolute atomic E-state index is 5.18. The molecule has 1 atom stereocenters. The first kappa shape index (κ1) is 7.97. The Morgan fingerprint density at radius 2 is 2.43 bits per heavy atom. The second-order valence-electron chi connectivity index (χ2n) is 0.980. The van der Waals surface area contributed by atoms with Gasteiger partial charge in [-0.15, -0.1) is 0 Å². The van der Waals surface area contributed by atoms with Crippen LogP contribution < -0.4 is 5.73 Å². The second-order valence-corrected chi connectivity index (χ2v) is 5.77. The van der Waals surface area contributed by atoms with Crippen molar-refractivity contribution in [2.24, 2.45) is 5.73 Å². The van der Waals surface area contributed by atoms with Gasteiger partial charge in [0.15, 0.2) is 0 Å². The molecule has 1 nitrogen and oxygen atoms in total. The fourth-order valence-electron chi connectivity index (χ4n) is 0.160. The number of nitrogens with two attached hydrogens (primary N) is 1. The van der Waals surface area contributed by atoms with Crippen molar-refractivity contribution in [3.63, 3.8) is 0 Å². The number of rotatable bonds is 1. The summed E-state index contributed by atoms with van der Waals surface area (Å²) in [5.41, 5.74) is 5.18. The monoisotopic (exact) mass is 247 g/mol. The second kappa shape index (κ2) is 3.91. The van der Waals surface area contributed by atoms with Crippen LogP contribution in [0.3, 0.4) is 0 Å².